The molecule has 2 aromatic rings. The summed E-state index contributed by atoms with van der Waals surface area (Å²) in [7, 11) is 0. The van der Waals surface area contributed by atoms with Gasteiger partial charge in [0.1, 0.15) is 0 Å². The van der Waals surface area contributed by atoms with Crippen LogP contribution in [0.15, 0.2) is 36.4 Å². The fourth-order valence-electron chi connectivity index (χ4n) is 2.47. The molecule has 17 heavy (non-hydrogen) atoms. The summed E-state index contributed by atoms with van der Waals surface area (Å²) in [5, 5.41) is 2.68. The molecule has 1 atom stereocenters. The van der Waals surface area contributed by atoms with Gasteiger partial charge in [-0.25, -0.2) is 0 Å². The molecule has 0 spiro atoms. The van der Waals surface area contributed by atoms with Crippen LogP contribution in [0.25, 0.3) is 10.8 Å². The van der Waals surface area contributed by atoms with E-state index in [1.807, 2.05) is 0 Å². The van der Waals surface area contributed by atoms with Gasteiger partial charge in [0.2, 0.25) is 0 Å². The monoisotopic (exact) mass is 247 g/mol. The van der Waals surface area contributed by atoms with Crippen molar-refractivity contribution in [2.45, 2.75) is 25.8 Å². The number of benzene rings is 2. The van der Waals surface area contributed by atoms with Crippen molar-refractivity contribution in [3.05, 3.63) is 47.5 Å². The van der Waals surface area contributed by atoms with E-state index in [-0.39, 0.29) is 18.4 Å². The second-order valence-corrected chi connectivity index (χ2v) is 4.88. The molecule has 0 radical (unpaired) electrons. The van der Waals surface area contributed by atoms with E-state index >= 15 is 0 Å². The topological polar surface area (TPSA) is 26.0 Å². The van der Waals surface area contributed by atoms with Crippen LogP contribution in [0.2, 0.25) is 0 Å². The molecule has 90 valence electrons. The molecule has 0 saturated heterocycles. The summed E-state index contributed by atoms with van der Waals surface area (Å²) in [4.78, 5) is 0. The molecule has 0 aliphatic heterocycles. The van der Waals surface area contributed by atoms with E-state index in [0.717, 1.165) is 0 Å². The lowest BCUT2D eigenvalue weighted by Gasteiger charge is -2.15. The summed E-state index contributed by atoms with van der Waals surface area (Å²) >= 11 is 0. The largest absolute Gasteiger partial charge is 0.324 e. The molecule has 2 aromatic carbocycles. The van der Waals surface area contributed by atoms with Gasteiger partial charge in [0.15, 0.2) is 0 Å². The van der Waals surface area contributed by atoms with Crippen molar-refractivity contribution in [3.8, 4) is 0 Å². The molecule has 0 bridgehead atoms. The van der Waals surface area contributed by atoms with Gasteiger partial charge in [-0.15, -0.1) is 12.4 Å². The van der Waals surface area contributed by atoms with E-state index in [9.17, 15) is 0 Å². The Balaban J connectivity index is 0.00000108. The second-order valence-electron chi connectivity index (χ2n) is 4.88. The van der Waals surface area contributed by atoms with Crippen LogP contribution in [0.1, 0.15) is 30.0 Å². The van der Waals surface area contributed by atoms with Crippen molar-refractivity contribution in [1.29, 1.82) is 0 Å². The zero-order valence-electron chi connectivity index (χ0n) is 10.0. The zero-order valence-corrected chi connectivity index (χ0v) is 10.8. The lowest BCUT2D eigenvalue weighted by molar-refractivity contribution is 0.638. The normalized spacial score (nSPS) is 16.6. The Bertz CT molecular complexity index is 531. The third-order valence-electron chi connectivity index (χ3n) is 3.66. The highest BCUT2D eigenvalue weighted by molar-refractivity contribution is 5.89. The van der Waals surface area contributed by atoms with Gasteiger partial charge >= 0.3 is 0 Å². The van der Waals surface area contributed by atoms with Gasteiger partial charge in [-0.1, -0.05) is 36.4 Å². The summed E-state index contributed by atoms with van der Waals surface area (Å²) in [5.41, 5.74) is 8.97. The Labute approximate surface area is 108 Å². The highest BCUT2D eigenvalue weighted by Crippen LogP contribution is 2.41. The Morgan fingerprint density at radius 1 is 1.06 bits per heavy atom. The van der Waals surface area contributed by atoms with Crippen molar-refractivity contribution in [2.24, 2.45) is 11.7 Å². The first-order chi connectivity index (χ1) is 7.77. The SMILES string of the molecule is Cc1ccc(C(N)C2CC2)c2ccccc12.Cl. The summed E-state index contributed by atoms with van der Waals surface area (Å²) in [6, 6.07) is 13.2. The van der Waals surface area contributed by atoms with E-state index in [1.54, 1.807) is 0 Å². The van der Waals surface area contributed by atoms with Crippen LogP contribution < -0.4 is 5.73 Å². The Kier molecular flexibility index (Phi) is 3.41. The lowest BCUT2D eigenvalue weighted by atomic mass is 9.94. The van der Waals surface area contributed by atoms with Crippen LogP contribution in [0.3, 0.4) is 0 Å². The van der Waals surface area contributed by atoms with Crippen LogP contribution in [-0.4, -0.2) is 0 Å². The first-order valence-electron chi connectivity index (χ1n) is 6.01. The smallest absolute Gasteiger partial charge is 0.0329 e. The van der Waals surface area contributed by atoms with Gasteiger partial charge in [-0.05, 0) is 47.6 Å². The fourth-order valence-corrected chi connectivity index (χ4v) is 2.47. The van der Waals surface area contributed by atoms with E-state index in [4.69, 9.17) is 5.73 Å². The standard InChI is InChI=1S/C15H17N.ClH/c1-10-6-9-14(15(16)11-7-8-11)13-5-3-2-4-12(10)13;/h2-6,9,11,15H,7-8,16H2,1H3;1H. The Hall–Kier alpha value is -1.05. The average molecular weight is 248 g/mol. The van der Waals surface area contributed by atoms with Crippen LogP contribution >= 0.6 is 12.4 Å². The molecule has 0 heterocycles. The minimum Gasteiger partial charge on any atom is -0.324 e. The second kappa shape index (κ2) is 4.67. The number of fused-ring (bicyclic) bond motifs is 1. The maximum Gasteiger partial charge on any atom is 0.0329 e. The van der Waals surface area contributed by atoms with Crippen molar-refractivity contribution < 1.29 is 0 Å². The van der Waals surface area contributed by atoms with Gasteiger partial charge in [-0.2, -0.15) is 0 Å². The van der Waals surface area contributed by atoms with E-state index in [1.165, 1.54) is 34.7 Å². The average Bonchev–Trinajstić information content (AvgIpc) is 3.13. The molecule has 0 aromatic heterocycles. The third-order valence-corrected chi connectivity index (χ3v) is 3.66. The predicted molar refractivity (Wildman–Crippen MR) is 75.6 cm³/mol. The van der Waals surface area contributed by atoms with Gasteiger partial charge in [-0.3, -0.25) is 0 Å². The summed E-state index contributed by atoms with van der Waals surface area (Å²) in [6.07, 6.45) is 2.59. The molecule has 1 unspecified atom stereocenters. The predicted octanol–water partition coefficient (Wildman–Crippen LogP) is 3.98. The van der Waals surface area contributed by atoms with E-state index < -0.39 is 0 Å². The maximum absolute atomic E-state index is 6.32. The maximum atomic E-state index is 6.32. The zero-order chi connectivity index (χ0) is 11.1. The minimum atomic E-state index is 0. The molecule has 0 amide bonds. The van der Waals surface area contributed by atoms with Gasteiger partial charge in [0, 0.05) is 6.04 Å². The number of rotatable bonds is 2. The van der Waals surface area contributed by atoms with Gasteiger partial charge in [0.05, 0.1) is 0 Å². The first kappa shape index (κ1) is 12.4. The highest BCUT2D eigenvalue weighted by atomic mass is 35.5. The van der Waals surface area contributed by atoms with E-state index in [0.29, 0.717) is 5.92 Å². The Morgan fingerprint density at radius 2 is 1.71 bits per heavy atom. The van der Waals surface area contributed by atoms with Crippen molar-refractivity contribution >= 4 is 23.2 Å². The number of aryl methyl sites for hydroxylation is 1. The molecular weight excluding hydrogens is 230 g/mol. The van der Waals surface area contributed by atoms with Crippen LogP contribution in [-0.2, 0) is 0 Å². The number of halogens is 1. The number of hydrogen-bond acceptors (Lipinski definition) is 1. The molecule has 1 fully saturated rings. The molecule has 2 heteroatoms. The number of hydrogen-bond donors (Lipinski definition) is 1. The van der Waals surface area contributed by atoms with Crippen molar-refractivity contribution in [3.63, 3.8) is 0 Å². The summed E-state index contributed by atoms with van der Waals surface area (Å²) in [6.45, 7) is 2.16. The molecule has 1 saturated carbocycles. The lowest BCUT2D eigenvalue weighted by Crippen LogP contribution is -2.12. The molecular formula is C15H18ClN. The van der Waals surface area contributed by atoms with Crippen molar-refractivity contribution in [1.82, 2.24) is 0 Å². The van der Waals surface area contributed by atoms with Crippen molar-refractivity contribution in [2.75, 3.05) is 0 Å². The quantitative estimate of drug-likeness (QED) is 0.854. The number of nitrogens with two attached hydrogens (primary N) is 1. The van der Waals surface area contributed by atoms with Gasteiger partial charge in [0.25, 0.3) is 0 Å². The molecule has 3 rings (SSSR count). The molecule has 2 N–H and O–H groups in total. The highest BCUT2D eigenvalue weighted by Gasteiger charge is 2.30. The molecule has 1 nitrogen and oxygen atoms in total. The summed E-state index contributed by atoms with van der Waals surface area (Å²) in [5.74, 6) is 0.714. The Morgan fingerprint density at radius 3 is 2.35 bits per heavy atom. The molecule has 1 aliphatic rings. The molecule has 1 aliphatic carbocycles. The minimum absolute atomic E-state index is 0. The van der Waals surface area contributed by atoms with Crippen LogP contribution in [0.5, 0.6) is 0 Å². The fraction of sp³-hybridized carbons (Fsp3) is 0.333. The summed E-state index contributed by atoms with van der Waals surface area (Å²) < 4.78 is 0. The van der Waals surface area contributed by atoms with Crippen LogP contribution in [0, 0.1) is 12.8 Å². The third kappa shape index (κ3) is 2.18. The first-order valence-corrected chi connectivity index (χ1v) is 6.01. The van der Waals surface area contributed by atoms with Crippen LogP contribution in [0.4, 0.5) is 0 Å². The van der Waals surface area contributed by atoms with Gasteiger partial charge < -0.3 is 5.73 Å². The van der Waals surface area contributed by atoms with E-state index in [2.05, 4.69) is 43.3 Å².